The van der Waals surface area contributed by atoms with Gasteiger partial charge in [-0.2, -0.15) is 4.31 Å². The van der Waals surface area contributed by atoms with Crippen molar-refractivity contribution in [3.8, 4) is 5.75 Å². The number of sulfonamides is 1. The summed E-state index contributed by atoms with van der Waals surface area (Å²) in [4.78, 5) is 24.5. The van der Waals surface area contributed by atoms with Crippen molar-refractivity contribution in [1.29, 1.82) is 0 Å². The second-order valence-corrected chi connectivity index (χ2v) is 8.71. The molecular formula is C20H19F2NO7S. The number of benzene rings is 2. The molecule has 1 heterocycles. The van der Waals surface area contributed by atoms with Gasteiger partial charge in [0.1, 0.15) is 11.8 Å². The number of hydrogen-bond acceptors (Lipinski definition) is 7. The van der Waals surface area contributed by atoms with Crippen LogP contribution < -0.4 is 4.74 Å². The number of aliphatic hydroxyl groups excluding tert-OH is 1. The van der Waals surface area contributed by atoms with Crippen LogP contribution in [-0.2, 0) is 19.6 Å². The molecule has 0 saturated carbocycles. The van der Waals surface area contributed by atoms with Gasteiger partial charge in [-0.1, -0.05) is 0 Å². The number of halogens is 2. The highest BCUT2D eigenvalue weighted by Crippen LogP contribution is 2.28. The van der Waals surface area contributed by atoms with Gasteiger partial charge in [-0.3, -0.25) is 9.59 Å². The van der Waals surface area contributed by atoms with Gasteiger partial charge in [0.05, 0.1) is 18.1 Å². The number of carbonyl (C=O) groups is 2. The molecule has 2 aromatic carbocycles. The monoisotopic (exact) mass is 455 g/mol. The Kier molecular flexibility index (Phi) is 6.68. The normalized spacial score (nSPS) is 19.2. The molecule has 0 bridgehead atoms. The number of rotatable bonds is 7. The van der Waals surface area contributed by atoms with E-state index in [1.807, 2.05) is 0 Å². The van der Waals surface area contributed by atoms with Crippen LogP contribution in [-0.4, -0.2) is 62.0 Å². The maximum absolute atomic E-state index is 13.3. The number of methoxy groups -OCH3 is 1. The van der Waals surface area contributed by atoms with Gasteiger partial charge in [0.2, 0.25) is 10.0 Å². The van der Waals surface area contributed by atoms with Crippen LogP contribution in [0.1, 0.15) is 16.8 Å². The molecule has 0 aliphatic carbocycles. The van der Waals surface area contributed by atoms with Crippen LogP contribution in [0, 0.1) is 11.6 Å². The lowest BCUT2D eigenvalue weighted by molar-refractivity contribution is -0.146. The molecule has 166 valence electrons. The van der Waals surface area contributed by atoms with Gasteiger partial charge in [0.15, 0.2) is 24.0 Å². The minimum Gasteiger partial charge on any atom is -0.497 e. The first-order chi connectivity index (χ1) is 14.6. The number of aliphatic hydroxyl groups is 1. The van der Waals surface area contributed by atoms with E-state index in [0.29, 0.717) is 11.8 Å². The summed E-state index contributed by atoms with van der Waals surface area (Å²) < 4.78 is 62.9. The van der Waals surface area contributed by atoms with Gasteiger partial charge in [-0.15, -0.1) is 0 Å². The first-order valence-corrected chi connectivity index (χ1v) is 10.6. The summed E-state index contributed by atoms with van der Waals surface area (Å²) >= 11 is 0. The third kappa shape index (κ3) is 4.89. The first kappa shape index (κ1) is 22.8. The molecule has 0 spiro atoms. The summed E-state index contributed by atoms with van der Waals surface area (Å²) in [5.41, 5.74) is -0.208. The number of ether oxygens (including phenoxy) is 2. The number of β-amino-alcohol motifs (C(OH)–C–C–N with tert-alkyl or cyclic N) is 1. The van der Waals surface area contributed by atoms with Crippen molar-refractivity contribution in [3.05, 3.63) is 59.7 Å². The van der Waals surface area contributed by atoms with Crippen molar-refractivity contribution >= 4 is 21.8 Å². The number of hydrogen-bond donors (Lipinski definition) is 1. The molecule has 0 amide bonds. The Bertz CT molecular complexity index is 1090. The zero-order chi connectivity index (χ0) is 22.8. The highest BCUT2D eigenvalue weighted by atomic mass is 32.2. The summed E-state index contributed by atoms with van der Waals surface area (Å²) in [6, 6.07) is 6.60. The molecule has 1 N–H and O–H groups in total. The zero-order valence-corrected chi connectivity index (χ0v) is 17.1. The van der Waals surface area contributed by atoms with Gasteiger partial charge in [-0.25, -0.2) is 17.2 Å². The molecule has 0 unspecified atom stereocenters. The zero-order valence-electron chi connectivity index (χ0n) is 16.3. The standard InChI is InChI=1S/C20H19F2NO7S/c1-29-14-3-5-15(6-4-14)31(27,28)23-10-13(24)9-18(23)20(26)30-11-19(25)12-2-7-16(21)17(22)8-12/h2-8,13,18,24H,9-11H2,1H3/t13-,18-/m1/s1. The lowest BCUT2D eigenvalue weighted by atomic mass is 10.1. The molecule has 8 nitrogen and oxygen atoms in total. The van der Waals surface area contributed by atoms with Gasteiger partial charge in [-0.05, 0) is 42.5 Å². The molecule has 2 aromatic rings. The fourth-order valence-electron chi connectivity index (χ4n) is 3.13. The van der Waals surface area contributed by atoms with Crippen LogP contribution in [0.4, 0.5) is 8.78 Å². The van der Waals surface area contributed by atoms with E-state index in [4.69, 9.17) is 9.47 Å². The fourth-order valence-corrected chi connectivity index (χ4v) is 4.76. The van der Waals surface area contributed by atoms with Crippen LogP contribution in [0.25, 0.3) is 0 Å². The fraction of sp³-hybridized carbons (Fsp3) is 0.300. The van der Waals surface area contributed by atoms with Crippen molar-refractivity contribution in [1.82, 2.24) is 4.31 Å². The summed E-state index contributed by atoms with van der Waals surface area (Å²) in [5, 5.41) is 9.95. The third-order valence-corrected chi connectivity index (χ3v) is 6.65. The van der Waals surface area contributed by atoms with Crippen molar-refractivity contribution < 1.29 is 41.4 Å². The predicted molar refractivity (Wildman–Crippen MR) is 103 cm³/mol. The molecule has 2 atom stereocenters. The van der Waals surface area contributed by atoms with E-state index in [0.717, 1.165) is 16.4 Å². The largest absolute Gasteiger partial charge is 0.497 e. The Hall–Kier alpha value is -2.89. The lowest BCUT2D eigenvalue weighted by Crippen LogP contribution is -2.41. The van der Waals surface area contributed by atoms with E-state index in [2.05, 4.69) is 0 Å². The second kappa shape index (κ2) is 9.08. The lowest BCUT2D eigenvalue weighted by Gasteiger charge is -2.22. The topological polar surface area (TPSA) is 110 Å². The maximum atomic E-state index is 13.3. The van der Waals surface area contributed by atoms with Crippen LogP contribution in [0.2, 0.25) is 0 Å². The van der Waals surface area contributed by atoms with E-state index in [1.54, 1.807) is 0 Å². The van der Waals surface area contributed by atoms with E-state index in [9.17, 15) is 31.9 Å². The highest BCUT2D eigenvalue weighted by Gasteiger charge is 2.44. The highest BCUT2D eigenvalue weighted by molar-refractivity contribution is 7.89. The minimum atomic E-state index is -4.15. The van der Waals surface area contributed by atoms with Gasteiger partial charge >= 0.3 is 5.97 Å². The Morgan fingerprint density at radius 2 is 1.81 bits per heavy atom. The Morgan fingerprint density at radius 3 is 2.42 bits per heavy atom. The molecule has 1 aliphatic heterocycles. The molecular weight excluding hydrogens is 436 g/mol. The Labute approximate surface area is 177 Å². The van der Waals surface area contributed by atoms with Crippen LogP contribution in [0.5, 0.6) is 5.75 Å². The van der Waals surface area contributed by atoms with Crippen LogP contribution >= 0.6 is 0 Å². The van der Waals surface area contributed by atoms with Crippen molar-refractivity contribution in [3.63, 3.8) is 0 Å². The molecule has 1 aliphatic rings. The molecule has 0 radical (unpaired) electrons. The first-order valence-electron chi connectivity index (χ1n) is 9.12. The van der Waals surface area contributed by atoms with Crippen LogP contribution in [0.15, 0.2) is 47.4 Å². The van der Waals surface area contributed by atoms with Crippen molar-refractivity contribution in [2.24, 2.45) is 0 Å². The molecule has 1 saturated heterocycles. The maximum Gasteiger partial charge on any atom is 0.325 e. The van der Waals surface area contributed by atoms with E-state index in [-0.39, 0.29) is 23.4 Å². The van der Waals surface area contributed by atoms with Crippen molar-refractivity contribution in [2.75, 3.05) is 20.3 Å². The van der Waals surface area contributed by atoms with E-state index < -0.39 is 52.2 Å². The second-order valence-electron chi connectivity index (χ2n) is 6.82. The number of esters is 1. The van der Waals surface area contributed by atoms with E-state index in [1.165, 1.54) is 31.4 Å². The van der Waals surface area contributed by atoms with Gasteiger partial charge < -0.3 is 14.6 Å². The molecule has 31 heavy (non-hydrogen) atoms. The molecule has 1 fully saturated rings. The number of ketones is 1. The number of nitrogens with zero attached hydrogens (tertiary/aromatic N) is 1. The van der Waals surface area contributed by atoms with Crippen molar-refractivity contribution in [2.45, 2.75) is 23.5 Å². The summed E-state index contributed by atoms with van der Waals surface area (Å²) in [7, 11) is -2.73. The van der Waals surface area contributed by atoms with Gasteiger partial charge in [0.25, 0.3) is 0 Å². The van der Waals surface area contributed by atoms with E-state index >= 15 is 0 Å². The average molecular weight is 455 g/mol. The summed E-state index contributed by atoms with van der Waals surface area (Å²) in [5.74, 6) is -3.76. The molecule has 3 rings (SSSR count). The SMILES string of the molecule is COc1ccc(S(=O)(=O)N2C[C@H](O)C[C@@H]2C(=O)OCC(=O)c2ccc(F)c(F)c2)cc1. The predicted octanol–water partition coefficient (Wildman–Crippen LogP) is 1.52. The number of carbonyl (C=O) groups excluding carboxylic acids is 2. The Morgan fingerprint density at radius 1 is 1.13 bits per heavy atom. The Balaban J connectivity index is 1.72. The molecule has 0 aromatic heterocycles. The smallest absolute Gasteiger partial charge is 0.325 e. The summed E-state index contributed by atoms with van der Waals surface area (Å²) in [6.45, 7) is -1.13. The number of Topliss-reactive ketones (excluding diaryl/α,β-unsaturated/α-hetero) is 1. The summed E-state index contributed by atoms with van der Waals surface area (Å²) in [6.07, 6.45) is -1.32. The quantitative estimate of drug-likeness (QED) is 0.498. The minimum absolute atomic E-state index is 0.113. The van der Waals surface area contributed by atoms with Crippen LogP contribution in [0.3, 0.4) is 0 Å². The average Bonchev–Trinajstić information content (AvgIpc) is 3.16. The van der Waals surface area contributed by atoms with Gasteiger partial charge in [0, 0.05) is 18.5 Å². The molecule has 11 heteroatoms. The third-order valence-electron chi connectivity index (χ3n) is 4.76.